The molecule has 1 fully saturated rings. The van der Waals surface area contributed by atoms with E-state index in [4.69, 9.17) is 4.74 Å². The van der Waals surface area contributed by atoms with Crippen molar-refractivity contribution in [2.24, 2.45) is 0 Å². The lowest BCUT2D eigenvalue weighted by Gasteiger charge is -2.21. The number of rotatable bonds is 6. The molecule has 0 spiro atoms. The number of hydrogen-bond acceptors (Lipinski definition) is 4. The second-order valence-corrected chi connectivity index (χ2v) is 4.57. The van der Waals surface area contributed by atoms with Gasteiger partial charge in [-0.1, -0.05) is 19.3 Å². The Morgan fingerprint density at radius 2 is 2.28 bits per heavy atom. The number of hydrogen-bond donors (Lipinski definition) is 2. The van der Waals surface area contributed by atoms with E-state index >= 15 is 0 Å². The lowest BCUT2D eigenvalue weighted by Crippen LogP contribution is -2.27. The molecule has 18 heavy (non-hydrogen) atoms. The Morgan fingerprint density at radius 3 is 3.00 bits per heavy atom. The van der Waals surface area contributed by atoms with Gasteiger partial charge in [-0.25, -0.2) is 4.98 Å². The number of H-pyrrole nitrogens is 1. The Hall–Kier alpha value is -1.43. The molecular formula is C12H20N4O2. The monoisotopic (exact) mass is 252 g/mol. The van der Waals surface area contributed by atoms with Crippen LogP contribution in [0.25, 0.3) is 0 Å². The number of nitrogens with one attached hydrogen (secondary N) is 2. The topological polar surface area (TPSA) is 79.9 Å². The molecule has 0 saturated heterocycles. The van der Waals surface area contributed by atoms with Crippen molar-refractivity contribution in [1.82, 2.24) is 20.5 Å². The number of ether oxygens (including phenoxy) is 1. The third kappa shape index (κ3) is 4.10. The number of amides is 1. The van der Waals surface area contributed by atoms with Gasteiger partial charge in [0.25, 0.3) is 5.91 Å². The van der Waals surface area contributed by atoms with Crippen molar-refractivity contribution < 1.29 is 9.53 Å². The highest BCUT2D eigenvalue weighted by molar-refractivity contribution is 5.90. The highest BCUT2D eigenvalue weighted by atomic mass is 16.5. The van der Waals surface area contributed by atoms with Crippen LogP contribution in [0, 0.1) is 0 Å². The first-order chi connectivity index (χ1) is 8.86. The van der Waals surface area contributed by atoms with E-state index in [1.165, 1.54) is 38.4 Å². The normalized spacial score (nSPS) is 16.7. The molecule has 1 amide bonds. The van der Waals surface area contributed by atoms with E-state index in [-0.39, 0.29) is 11.7 Å². The van der Waals surface area contributed by atoms with Crippen LogP contribution >= 0.6 is 0 Å². The highest BCUT2D eigenvalue weighted by Crippen LogP contribution is 2.20. The van der Waals surface area contributed by atoms with Crippen LogP contribution in [-0.2, 0) is 4.74 Å². The molecule has 1 aromatic heterocycles. The van der Waals surface area contributed by atoms with Crippen molar-refractivity contribution in [3.05, 3.63) is 12.2 Å². The average molecular weight is 252 g/mol. The van der Waals surface area contributed by atoms with Crippen molar-refractivity contribution in [2.45, 2.75) is 44.6 Å². The first kappa shape index (κ1) is 13.0. The second kappa shape index (κ2) is 7.10. The van der Waals surface area contributed by atoms with Crippen LogP contribution in [0.2, 0.25) is 0 Å². The molecule has 1 saturated carbocycles. The van der Waals surface area contributed by atoms with Gasteiger partial charge in [0, 0.05) is 13.2 Å². The summed E-state index contributed by atoms with van der Waals surface area (Å²) in [6, 6.07) is 0. The summed E-state index contributed by atoms with van der Waals surface area (Å²) in [4.78, 5) is 15.3. The molecule has 6 heteroatoms. The maximum Gasteiger partial charge on any atom is 0.288 e. The van der Waals surface area contributed by atoms with Gasteiger partial charge in [0.2, 0.25) is 5.82 Å². The SMILES string of the molecule is O=C(NCCCOC1CCCCC1)c1ncn[nH]1. The molecule has 1 aliphatic carbocycles. The summed E-state index contributed by atoms with van der Waals surface area (Å²) in [5.74, 6) is 0.0355. The smallest absolute Gasteiger partial charge is 0.288 e. The minimum Gasteiger partial charge on any atom is -0.378 e. The molecular weight excluding hydrogens is 232 g/mol. The number of carbonyl (C=O) groups is 1. The van der Waals surface area contributed by atoms with Crippen LogP contribution in [0.15, 0.2) is 6.33 Å². The fourth-order valence-corrected chi connectivity index (χ4v) is 2.15. The third-order valence-corrected chi connectivity index (χ3v) is 3.14. The van der Waals surface area contributed by atoms with Gasteiger partial charge in [0.05, 0.1) is 6.10 Å². The van der Waals surface area contributed by atoms with Crippen molar-refractivity contribution in [1.29, 1.82) is 0 Å². The minimum absolute atomic E-state index is 0.217. The average Bonchev–Trinajstić information content (AvgIpc) is 2.93. The molecule has 2 N–H and O–H groups in total. The maximum absolute atomic E-state index is 11.5. The number of carbonyl (C=O) groups excluding carboxylic acids is 1. The van der Waals surface area contributed by atoms with Crippen molar-refractivity contribution in [2.75, 3.05) is 13.2 Å². The summed E-state index contributed by atoms with van der Waals surface area (Å²) >= 11 is 0. The Labute approximate surface area is 107 Å². The summed E-state index contributed by atoms with van der Waals surface area (Å²) in [5, 5.41) is 8.92. The molecule has 1 heterocycles. The van der Waals surface area contributed by atoms with Crippen molar-refractivity contribution in [3.63, 3.8) is 0 Å². The lowest BCUT2D eigenvalue weighted by molar-refractivity contribution is 0.0273. The van der Waals surface area contributed by atoms with Gasteiger partial charge in [-0.3, -0.25) is 9.89 Å². The van der Waals surface area contributed by atoms with Crippen molar-refractivity contribution >= 4 is 5.91 Å². The van der Waals surface area contributed by atoms with Crippen LogP contribution in [-0.4, -0.2) is 40.3 Å². The summed E-state index contributed by atoms with van der Waals surface area (Å²) < 4.78 is 5.77. The molecule has 0 unspecified atom stereocenters. The Morgan fingerprint density at radius 1 is 1.44 bits per heavy atom. The van der Waals surface area contributed by atoms with E-state index in [0.29, 0.717) is 19.3 Å². The summed E-state index contributed by atoms with van der Waals surface area (Å²) in [7, 11) is 0. The van der Waals surface area contributed by atoms with E-state index in [0.717, 1.165) is 6.42 Å². The van der Waals surface area contributed by atoms with Crippen molar-refractivity contribution in [3.8, 4) is 0 Å². The molecule has 6 nitrogen and oxygen atoms in total. The maximum atomic E-state index is 11.5. The van der Waals surface area contributed by atoms with E-state index in [1.54, 1.807) is 0 Å². The molecule has 0 bridgehead atoms. The second-order valence-electron chi connectivity index (χ2n) is 4.57. The number of aromatic nitrogens is 3. The zero-order valence-corrected chi connectivity index (χ0v) is 10.5. The van der Waals surface area contributed by atoms with Gasteiger partial charge in [0.15, 0.2) is 0 Å². The lowest BCUT2D eigenvalue weighted by atomic mass is 9.98. The predicted molar refractivity (Wildman–Crippen MR) is 66.2 cm³/mol. The van der Waals surface area contributed by atoms with E-state index < -0.39 is 0 Å². The van der Waals surface area contributed by atoms with Crippen LogP contribution < -0.4 is 5.32 Å². The Kier molecular flexibility index (Phi) is 5.14. The molecule has 2 rings (SSSR count). The molecule has 0 radical (unpaired) electrons. The molecule has 0 aliphatic heterocycles. The third-order valence-electron chi connectivity index (χ3n) is 3.14. The Bertz CT molecular complexity index is 347. The molecule has 1 aliphatic rings. The van der Waals surface area contributed by atoms with Gasteiger partial charge in [-0.05, 0) is 19.3 Å². The summed E-state index contributed by atoms with van der Waals surface area (Å²) in [5.41, 5.74) is 0. The van der Waals surface area contributed by atoms with E-state index in [1.807, 2.05) is 0 Å². The first-order valence-corrected chi connectivity index (χ1v) is 6.61. The molecule has 1 aromatic rings. The number of nitrogens with zero attached hydrogens (tertiary/aromatic N) is 2. The highest BCUT2D eigenvalue weighted by Gasteiger charge is 2.13. The van der Waals surface area contributed by atoms with E-state index in [9.17, 15) is 4.79 Å². The molecule has 100 valence electrons. The minimum atomic E-state index is -0.217. The summed E-state index contributed by atoms with van der Waals surface area (Å²) in [6.45, 7) is 1.31. The summed E-state index contributed by atoms with van der Waals surface area (Å²) in [6.07, 6.45) is 8.86. The van der Waals surface area contributed by atoms with Crippen LogP contribution in [0.3, 0.4) is 0 Å². The van der Waals surface area contributed by atoms with Gasteiger partial charge in [-0.15, -0.1) is 0 Å². The van der Waals surface area contributed by atoms with Gasteiger partial charge in [0.1, 0.15) is 6.33 Å². The zero-order valence-electron chi connectivity index (χ0n) is 10.5. The van der Waals surface area contributed by atoms with Crippen LogP contribution in [0.5, 0.6) is 0 Å². The van der Waals surface area contributed by atoms with Gasteiger partial charge >= 0.3 is 0 Å². The largest absolute Gasteiger partial charge is 0.378 e. The fraction of sp³-hybridized carbons (Fsp3) is 0.750. The first-order valence-electron chi connectivity index (χ1n) is 6.61. The zero-order chi connectivity index (χ0) is 12.6. The molecule has 0 atom stereocenters. The quantitative estimate of drug-likeness (QED) is 0.747. The van der Waals surface area contributed by atoms with Gasteiger partial charge in [-0.2, -0.15) is 5.10 Å². The fourth-order valence-electron chi connectivity index (χ4n) is 2.15. The Balaban J connectivity index is 1.52. The predicted octanol–water partition coefficient (Wildman–Crippen LogP) is 1.27. The van der Waals surface area contributed by atoms with Crippen LogP contribution in [0.1, 0.15) is 49.1 Å². The molecule has 0 aromatic carbocycles. The van der Waals surface area contributed by atoms with Crippen LogP contribution in [0.4, 0.5) is 0 Å². The standard InChI is InChI=1S/C12H20N4O2/c17-12(11-14-9-15-16-11)13-7-4-8-18-10-5-2-1-3-6-10/h9-10H,1-8H2,(H,13,17)(H,14,15,16). The van der Waals surface area contributed by atoms with Gasteiger partial charge < -0.3 is 10.1 Å². The van der Waals surface area contributed by atoms with E-state index in [2.05, 4.69) is 20.5 Å². The number of aromatic amines is 1.